The van der Waals surface area contributed by atoms with E-state index in [0.29, 0.717) is 18.0 Å². The van der Waals surface area contributed by atoms with Gasteiger partial charge in [0.05, 0.1) is 17.8 Å². The number of rotatable bonds is 7. The summed E-state index contributed by atoms with van der Waals surface area (Å²) in [5.41, 5.74) is 0.597. The van der Waals surface area contributed by atoms with Crippen LogP contribution in [-0.4, -0.2) is 71.0 Å². The molecule has 1 saturated heterocycles. The van der Waals surface area contributed by atoms with Gasteiger partial charge in [0.2, 0.25) is 10.0 Å². The van der Waals surface area contributed by atoms with Gasteiger partial charge in [0.1, 0.15) is 5.75 Å². The number of nitrogens with zero attached hydrogens (tertiary/aromatic N) is 2. The second-order valence-electron chi connectivity index (χ2n) is 7.04. The summed E-state index contributed by atoms with van der Waals surface area (Å²) in [5, 5.41) is 0. The molecule has 31 heavy (non-hydrogen) atoms. The lowest BCUT2D eigenvalue weighted by molar-refractivity contribution is 0.0698. The number of benzene rings is 2. The third-order valence-corrected chi connectivity index (χ3v) is 7.49. The number of hydrogen-bond acceptors (Lipinski definition) is 6. The zero-order valence-electron chi connectivity index (χ0n) is 17.3. The summed E-state index contributed by atoms with van der Waals surface area (Å²) >= 11 is 0. The van der Waals surface area contributed by atoms with E-state index in [-0.39, 0.29) is 42.5 Å². The summed E-state index contributed by atoms with van der Waals surface area (Å²) in [5.74, 6) is 0.292. The standard InChI is InChI=1S/C20H25N3O6S2/c1-3-29-18-9-7-17(8-10-18)21-31(27,28)19-6-4-5-16(15-19)20(24)22-11-13-23(14-12-22)30(2,25)26/h4-10,15,21H,3,11-14H2,1-2H3. The molecule has 0 atom stereocenters. The largest absolute Gasteiger partial charge is 0.494 e. The third kappa shape index (κ3) is 5.75. The van der Waals surface area contributed by atoms with E-state index in [2.05, 4.69) is 4.72 Å². The summed E-state index contributed by atoms with van der Waals surface area (Å²) in [6.07, 6.45) is 1.14. The number of sulfonamides is 2. The zero-order chi connectivity index (χ0) is 22.6. The van der Waals surface area contributed by atoms with E-state index in [1.165, 1.54) is 27.4 Å². The summed E-state index contributed by atoms with van der Waals surface area (Å²) < 4.78 is 58.0. The van der Waals surface area contributed by atoms with Crippen molar-refractivity contribution in [3.8, 4) is 5.75 Å². The molecule has 0 saturated carbocycles. The van der Waals surface area contributed by atoms with E-state index in [0.717, 1.165) is 6.26 Å². The van der Waals surface area contributed by atoms with Crippen molar-refractivity contribution in [1.29, 1.82) is 0 Å². The van der Waals surface area contributed by atoms with Gasteiger partial charge in [0.25, 0.3) is 15.9 Å². The Hall–Kier alpha value is -2.63. The minimum Gasteiger partial charge on any atom is -0.494 e. The lowest BCUT2D eigenvalue weighted by Crippen LogP contribution is -2.50. The van der Waals surface area contributed by atoms with Gasteiger partial charge in [-0.25, -0.2) is 16.8 Å². The molecular weight excluding hydrogens is 442 g/mol. The highest BCUT2D eigenvalue weighted by atomic mass is 32.2. The number of nitrogens with one attached hydrogen (secondary N) is 1. The smallest absolute Gasteiger partial charge is 0.261 e. The fourth-order valence-electron chi connectivity index (χ4n) is 3.20. The highest BCUT2D eigenvalue weighted by molar-refractivity contribution is 7.92. The Morgan fingerprint density at radius 2 is 1.65 bits per heavy atom. The van der Waals surface area contributed by atoms with E-state index in [9.17, 15) is 21.6 Å². The van der Waals surface area contributed by atoms with Crippen molar-refractivity contribution in [1.82, 2.24) is 9.21 Å². The van der Waals surface area contributed by atoms with Crippen LogP contribution in [0.3, 0.4) is 0 Å². The van der Waals surface area contributed by atoms with E-state index >= 15 is 0 Å². The molecule has 0 radical (unpaired) electrons. The van der Waals surface area contributed by atoms with Crippen molar-refractivity contribution in [3.63, 3.8) is 0 Å². The van der Waals surface area contributed by atoms with Crippen LogP contribution < -0.4 is 9.46 Å². The average molecular weight is 468 g/mol. The molecule has 0 aromatic heterocycles. The highest BCUT2D eigenvalue weighted by Crippen LogP contribution is 2.21. The van der Waals surface area contributed by atoms with Crippen LogP contribution in [0.5, 0.6) is 5.75 Å². The van der Waals surface area contributed by atoms with Crippen LogP contribution in [0.2, 0.25) is 0 Å². The van der Waals surface area contributed by atoms with Gasteiger partial charge < -0.3 is 9.64 Å². The van der Waals surface area contributed by atoms with Crippen LogP contribution in [0, 0.1) is 0 Å². The summed E-state index contributed by atoms with van der Waals surface area (Å²) in [6.45, 7) is 3.27. The van der Waals surface area contributed by atoms with Crippen molar-refractivity contribution in [3.05, 3.63) is 54.1 Å². The average Bonchev–Trinajstić information content (AvgIpc) is 2.74. The maximum absolute atomic E-state index is 12.8. The first-order valence-electron chi connectivity index (χ1n) is 9.70. The Bertz CT molecular complexity index is 1140. The molecule has 0 spiro atoms. The van der Waals surface area contributed by atoms with Gasteiger partial charge in [-0.05, 0) is 49.4 Å². The molecule has 1 heterocycles. The predicted molar refractivity (Wildman–Crippen MR) is 117 cm³/mol. The maximum atomic E-state index is 12.8. The van der Waals surface area contributed by atoms with E-state index in [1.807, 2.05) is 6.92 Å². The molecular formula is C20H25N3O6S2. The number of ether oxygens (including phenoxy) is 1. The van der Waals surface area contributed by atoms with Gasteiger partial charge >= 0.3 is 0 Å². The number of amides is 1. The van der Waals surface area contributed by atoms with Gasteiger partial charge in [0, 0.05) is 37.4 Å². The molecule has 3 rings (SSSR count). The topological polar surface area (TPSA) is 113 Å². The zero-order valence-corrected chi connectivity index (χ0v) is 18.9. The predicted octanol–water partition coefficient (Wildman–Crippen LogP) is 1.60. The fourth-order valence-corrected chi connectivity index (χ4v) is 5.13. The molecule has 11 heteroatoms. The van der Waals surface area contributed by atoms with Crippen LogP contribution in [0.1, 0.15) is 17.3 Å². The van der Waals surface area contributed by atoms with Gasteiger partial charge in [-0.1, -0.05) is 6.07 Å². The first-order valence-corrected chi connectivity index (χ1v) is 13.0. The molecule has 2 aromatic carbocycles. The number of carbonyl (C=O) groups excluding carboxylic acids is 1. The third-order valence-electron chi connectivity index (χ3n) is 4.80. The van der Waals surface area contributed by atoms with E-state index in [1.54, 1.807) is 30.3 Å². The summed E-state index contributed by atoms with van der Waals surface area (Å²) in [6, 6.07) is 12.3. The van der Waals surface area contributed by atoms with E-state index in [4.69, 9.17) is 4.74 Å². The second-order valence-corrected chi connectivity index (χ2v) is 10.7. The molecule has 1 N–H and O–H groups in total. The van der Waals surface area contributed by atoms with Crippen molar-refractivity contribution in [2.45, 2.75) is 11.8 Å². The monoisotopic (exact) mass is 467 g/mol. The maximum Gasteiger partial charge on any atom is 0.261 e. The van der Waals surface area contributed by atoms with E-state index < -0.39 is 20.0 Å². The number of hydrogen-bond donors (Lipinski definition) is 1. The van der Waals surface area contributed by atoms with Crippen molar-refractivity contribution < 1.29 is 26.4 Å². The van der Waals surface area contributed by atoms with Crippen LogP contribution >= 0.6 is 0 Å². The molecule has 1 fully saturated rings. The van der Waals surface area contributed by atoms with Gasteiger partial charge in [-0.3, -0.25) is 9.52 Å². The lowest BCUT2D eigenvalue weighted by atomic mass is 10.2. The number of piperazine rings is 1. The highest BCUT2D eigenvalue weighted by Gasteiger charge is 2.27. The lowest BCUT2D eigenvalue weighted by Gasteiger charge is -2.33. The molecule has 0 bridgehead atoms. The quantitative estimate of drug-likeness (QED) is 0.662. The number of carbonyl (C=O) groups is 1. The molecule has 2 aromatic rings. The summed E-state index contributed by atoms with van der Waals surface area (Å²) in [4.78, 5) is 14.3. The number of anilines is 1. The van der Waals surface area contributed by atoms with Gasteiger partial charge in [0.15, 0.2) is 0 Å². The van der Waals surface area contributed by atoms with Crippen LogP contribution in [0.4, 0.5) is 5.69 Å². The van der Waals surface area contributed by atoms with Gasteiger partial charge in [-0.2, -0.15) is 4.31 Å². The van der Waals surface area contributed by atoms with Gasteiger partial charge in [-0.15, -0.1) is 0 Å². The van der Waals surface area contributed by atoms with Crippen molar-refractivity contribution in [2.24, 2.45) is 0 Å². The first kappa shape index (κ1) is 23.0. The Kier molecular flexibility index (Phi) is 6.87. The Labute approximate surface area is 182 Å². The first-order chi connectivity index (χ1) is 14.6. The summed E-state index contributed by atoms with van der Waals surface area (Å²) in [7, 11) is -7.20. The molecule has 0 aliphatic carbocycles. The second kappa shape index (κ2) is 9.25. The molecule has 1 aliphatic rings. The SMILES string of the molecule is CCOc1ccc(NS(=O)(=O)c2cccc(C(=O)N3CCN(S(C)(=O)=O)CC3)c2)cc1. The molecule has 9 nitrogen and oxygen atoms in total. The van der Waals surface area contributed by atoms with Crippen LogP contribution in [0.25, 0.3) is 0 Å². The fraction of sp³-hybridized carbons (Fsp3) is 0.350. The molecule has 1 aliphatic heterocycles. The molecule has 168 valence electrons. The minimum absolute atomic E-state index is 0.0398. The van der Waals surface area contributed by atoms with Crippen molar-refractivity contribution in [2.75, 3.05) is 43.8 Å². The molecule has 1 amide bonds. The van der Waals surface area contributed by atoms with Crippen molar-refractivity contribution >= 4 is 31.6 Å². The molecule has 0 unspecified atom stereocenters. The minimum atomic E-state index is -3.90. The Balaban J connectivity index is 1.72. The normalized spacial score (nSPS) is 15.5. The Morgan fingerprint density at radius 1 is 1.00 bits per heavy atom. The van der Waals surface area contributed by atoms with Crippen LogP contribution in [-0.2, 0) is 20.0 Å². The van der Waals surface area contributed by atoms with Crippen LogP contribution in [0.15, 0.2) is 53.4 Å². The Morgan fingerprint density at radius 3 is 2.23 bits per heavy atom.